The summed E-state index contributed by atoms with van der Waals surface area (Å²) in [6.45, 7) is 4.18. The minimum absolute atomic E-state index is 0.375. The SMILES string of the molecule is CCCCCCCCCC/C=C/CC/C=C/C(O)C(CO)NC(=O)C(O)CCCCCCCCCCCCCCCC/C=C\CCCCCCCCCCCCCC. The van der Waals surface area contributed by atoms with E-state index in [1.807, 2.05) is 6.08 Å². The molecule has 1 amide bonds. The van der Waals surface area contributed by atoms with Gasteiger partial charge in [-0.3, -0.25) is 4.79 Å². The molecule has 0 aromatic rings. The van der Waals surface area contributed by atoms with Crippen molar-refractivity contribution in [2.75, 3.05) is 6.61 Å². The smallest absolute Gasteiger partial charge is 0.249 e. The highest BCUT2D eigenvalue weighted by Gasteiger charge is 2.22. The van der Waals surface area contributed by atoms with E-state index in [2.05, 4.69) is 43.5 Å². The maximum atomic E-state index is 12.5. The van der Waals surface area contributed by atoms with Gasteiger partial charge in [0.05, 0.1) is 18.8 Å². The zero-order valence-electron chi connectivity index (χ0n) is 38.9. The number of hydrogen-bond acceptors (Lipinski definition) is 4. The summed E-state index contributed by atoms with van der Waals surface area (Å²) in [5.74, 6) is -0.511. The van der Waals surface area contributed by atoms with E-state index in [-0.39, 0.29) is 6.61 Å². The number of allylic oxidation sites excluding steroid dienone is 5. The fourth-order valence-corrected chi connectivity index (χ4v) is 7.90. The molecule has 0 saturated heterocycles. The van der Waals surface area contributed by atoms with Gasteiger partial charge in [0.1, 0.15) is 6.10 Å². The topological polar surface area (TPSA) is 89.8 Å². The number of aliphatic hydroxyl groups is 3. The third-order valence-electron chi connectivity index (χ3n) is 12.0. The van der Waals surface area contributed by atoms with Crippen LogP contribution in [0.25, 0.3) is 0 Å². The fourth-order valence-electron chi connectivity index (χ4n) is 7.90. The summed E-state index contributed by atoms with van der Waals surface area (Å²) in [5.41, 5.74) is 0. The van der Waals surface area contributed by atoms with Gasteiger partial charge in [-0.05, 0) is 57.8 Å². The summed E-state index contributed by atoms with van der Waals surface area (Å²) in [6, 6.07) is -0.813. The Kier molecular flexibility index (Phi) is 47.0. The first-order chi connectivity index (χ1) is 28.6. The molecule has 0 bridgehead atoms. The molecule has 0 rings (SSSR count). The van der Waals surface area contributed by atoms with E-state index in [4.69, 9.17) is 0 Å². The van der Waals surface area contributed by atoms with E-state index >= 15 is 0 Å². The van der Waals surface area contributed by atoms with Crippen molar-refractivity contribution in [1.29, 1.82) is 0 Å². The Hall–Kier alpha value is -1.43. The van der Waals surface area contributed by atoms with Gasteiger partial charge in [-0.25, -0.2) is 0 Å². The lowest BCUT2D eigenvalue weighted by atomic mass is 10.0. The molecule has 3 atom stereocenters. The van der Waals surface area contributed by atoms with Crippen LogP contribution in [0.3, 0.4) is 0 Å². The van der Waals surface area contributed by atoms with Crippen molar-refractivity contribution in [2.24, 2.45) is 0 Å². The van der Waals surface area contributed by atoms with Gasteiger partial charge in [0.25, 0.3) is 0 Å². The molecule has 0 saturated carbocycles. The van der Waals surface area contributed by atoms with Crippen LogP contribution >= 0.6 is 0 Å². The second kappa shape index (κ2) is 48.2. The molecule has 342 valence electrons. The second-order valence-electron chi connectivity index (χ2n) is 17.7. The van der Waals surface area contributed by atoms with Crippen LogP contribution in [0.1, 0.15) is 271 Å². The van der Waals surface area contributed by atoms with Crippen molar-refractivity contribution in [3.05, 3.63) is 36.5 Å². The molecule has 0 aromatic carbocycles. The van der Waals surface area contributed by atoms with Crippen molar-refractivity contribution < 1.29 is 20.1 Å². The molecule has 5 heteroatoms. The molecule has 0 aliphatic carbocycles. The Labute approximate surface area is 362 Å². The Balaban J connectivity index is 3.56. The van der Waals surface area contributed by atoms with E-state index in [0.29, 0.717) is 6.42 Å². The fraction of sp³-hybridized carbons (Fsp3) is 0.868. The van der Waals surface area contributed by atoms with Gasteiger partial charge in [0.2, 0.25) is 5.91 Å². The Bertz CT molecular complexity index is 901. The standard InChI is InChI=1S/C53H101NO4/c1-3-5-7-9-11-13-15-17-19-20-21-22-23-24-25-26-27-28-29-30-31-32-33-34-36-38-40-42-44-46-48-52(57)53(58)54-50(49-55)51(56)47-45-43-41-39-37-35-18-16-14-12-10-8-6-4-2/h24-25,37,39,45,47,50-52,55-57H,3-23,26-36,38,40-44,46,48-49H2,1-2H3,(H,54,58)/b25-24-,39-37+,47-45+. The third-order valence-corrected chi connectivity index (χ3v) is 12.0. The first-order valence-corrected chi connectivity index (χ1v) is 25.8. The molecule has 0 aliphatic heterocycles. The minimum atomic E-state index is -1.10. The van der Waals surface area contributed by atoms with Crippen molar-refractivity contribution in [1.82, 2.24) is 5.32 Å². The van der Waals surface area contributed by atoms with E-state index in [1.54, 1.807) is 6.08 Å². The molecule has 0 spiro atoms. The predicted molar refractivity (Wildman–Crippen MR) is 254 cm³/mol. The summed E-state index contributed by atoms with van der Waals surface area (Å²) in [5, 5.41) is 33.2. The Morgan fingerprint density at radius 3 is 1.05 bits per heavy atom. The molecule has 3 unspecified atom stereocenters. The molecule has 0 aliphatic rings. The van der Waals surface area contributed by atoms with Gasteiger partial charge >= 0.3 is 0 Å². The van der Waals surface area contributed by atoms with Gasteiger partial charge in [0.15, 0.2) is 0 Å². The maximum Gasteiger partial charge on any atom is 0.249 e. The summed E-state index contributed by atoms with van der Waals surface area (Å²) in [6.07, 6.45) is 62.1. The lowest BCUT2D eigenvalue weighted by Gasteiger charge is -2.21. The first-order valence-electron chi connectivity index (χ1n) is 25.8. The zero-order chi connectivity index (χ0) is 42.3. The van der Waals surface area contributed by atoms with Gasteiger partial charge < -0.3 is 20.6 Å². The van der Waals surface area contributed by atoms with E-state index in [1.165, 1.54) is 212 Å². The van der Waals surface area contributed by atoms with Crippen molar-refractivity contribution in [3.8, 4) is 0 Å². The Morgan fingerprint density at radius 1 is 0.414 bits per heavy atom. The van der Waals surface area contributed by atoms with Gasteiger partial charge in [0, 0.05) is 0 Å². The predicted octanol–water partition coefficient (Wildman–Crippen LogP) is 15.5. The molecule has 0 heterocycles. The lowest BCUT2D eigenvalue weighted by molar-refractivity contribution is -0.131. The number of unbranched alkanes of at least 4 members (excludes halogenated alkanes) is 35. The normalized spacial score (nSPS) is 13.7. The number of amides is 1. The Morgan fingerprint density at radius 2 is 0.707 bits per heavy atom. The largest absolute Gasteiger partial charge is 0.394 e. The number of nitrogens with one attached hydrogen (secondary N) is 1. The summed E-state index contributed by atoms with van der Waals surface area (Å²) in [7, 11) is 0. The van der Waals surface area contributed by atoms with E-state index in [0.717, 1.165) is 38.5 Å². The first kappa shape index (κ1) is 56.6. The summed E-state index contributed by atoms with van der Waals surface area (Å²) >= 11 is 0. The maximum absolute atomic E-state index is 12.5. The highest BCUT2D eigenvalue weighted by Crippen LogP contribution is 2.16. The molecule has 58 heavy (non-hydrogen) atoms. The van der Waals surface area contributed by atoms with Crippen molar-refractivity contribution in [3.63, 3.8) is 0 Å². The highest BCUT2D eigenvalue weighted by molar-refractivity contribution is 5.80. The molecule has 0 aromatic heterocycles. The lowest BCUT2D eigenvalue weighted by Crippen LogP contribution is -2.48. The molecular formula is C53H101NO4. The van der Waals surface area contributed by atoms with Crippen LogP contribution in [0.4, 0.5) is 0 Å². The third kappa shape index (κ3) is 42.7. The van der Waals surface area contributed by atoms with Gasteiger partial charge in [-0.2, -0.15) is 0 Å². The van der Waals surface area contributed by atoms with Gasteiger partial charge in [-0.15, -0.1) is 0 Å². The molecule has 5 nitrogen and oxygen atoms in total. The number of rotatable bonds is 47. The molecule has 0 fully saturated rings. The minimum Gasteiger partial charge on any atom is -0.394 e. The van der Waals surface area contributed by atoms with Crippen LogP contribution in [-0.4, -0.2) is 46.1 Å². The number of carbonyl (C=O) groups excluding carboxylic acids is 1. The summed E-state index contributed by atoms with van der Waals surface area (Å²) < 4.78 is 0. The average Bonchev–Trinajstić information content (AvgIpc) is 3.23. The van der Waals surface area contributed by atoms with Crippen molar-refractivity contribution in [2.45, 2.75) is 289 Å². The van der Waals surface area contributed by atoms with E-state index < -0.39 is 24.2 Å². The highest BCUT2D eigenvalue weighted by atomic mass is 16.3. The van der Waals surface area contributed by atoms with Crippen LogP contribution in [0.5, 0.6) is 0 Å². The molecular weight excluding hydrogens is 715 g/mol. The van der Waals surface area contributed by atoms with Crippen LogP contribution in [-0.2, 0) is 4.79 Å². The number of hydrogen-bond donors (Lipinski definition) is 4. The number of aliphatic hydroxyl groups excluding tert-OH is 3. The molecule has 0 radical (unpaired) electrons. The second-order valence-corrected chi connectivity index (χ2v) is 17.7. The van der Waals surface area contributed by atoms with Crippen LogP contribution < -0.4 is 5.32 Å². The van der Waals surface area contributed by atoms with Crippen LogP contribution in [0.2, 0.25) is 0 Å². The summed E-state index contributed by atoms with van der Waals surface area (Å²) in [4.78, 5) is 12.5. The zero-order valence-corrected chi connectivity index (χ0v) is 38.9. The van der Waals surface area contributed by atoms with Crippen LogP contribution in [0, 0.1) is 0 Å². The van der Waals surface area contributed by atoms with E-state index in [9.17, 15) is 20.1 Å². The average molecular weight is 816 g/mol. The quantitative estimate of drug-likeness (QED) is 0.0364. The number of carbonyl (C=O) groups is 1. The van der Waals surface area contributed by atoms with Crippen molar-refractivity contribution >= 4 is 5.91 Å². The molecule has 4 N–H and O–H groups in total. The van der Waals surface area contributed by atoms with Crippen LogP contribution in [0.15, 0.2) is 36.5 Å². The monoisotopic (exact) mass is 816 g/mol. The van der Waals surface area contributed by atoms with Gasteiger partial charge in [-0.1, -0.05) is 249 Å².